The topological polar surface area (TPSA) is 46.5 Å². The minimum absolute atomic E-state index is 0.150. The Balaban J connectivity index is 2.04. The van der Waals surface area contributed by atoms with Gasteiger partial charge in [-0.25, -0.2) is 0 Å². The molecule has 0 aliphatic carbocycles. The van der Waals surface area contributed by atoms with Gasteiger partial charge in [-0.05, 0) is 61.2 Å². The molecule has 2 aromatic rings. The van der Waals surface area contributed by atoms with Crippen molar-refractivity contribution in [2.24, 2.45) is 0 Å². The minimum Gasteiger partial charge on any atom is -0.481 e. The number of aryl methyl sites for hydroxylation is 3. The monoisotopic (exact) mass is 270 g/mol. The highest BCUT2D eigenvalue weighted by Crippen LogP contribution is 2.24. The molecular formula is C17H18O3. The molecular weight excluding hydrogens is 252 g/mol. The molecule has 1 N–H and O–H groups in total. The van der Waals surface area contributed by atoms with Crippen LogP contribution in [0.25, 0.3) is 0 Å². The molecule has 3 heteroatoms. The number of aliphatic carboxylic acids is 1. The van der Waals surface area contributed by atoms with E-state index in [9.17, 15) is 4.79 Å². The van der Waals surface area contributed by atoms with E-state index in [0.29, 0.717) is 6.42 Å². The lowest BCUT2D eigenvalue weighted by atomic mass is 10.1. The molecule has 0 radical (unpaired) electrons. The highest BCUT2D eigenvalue weighted by molar-refractivity contribution is 5.67. The first-order chi connectivity index (χ1) is 9.52. The largest absolute Gasteiger partial charge is 0.481 e. The smallest absolute Gasteiger partial charge is 0.303 e. The molecule has 0 amide bonds. The Labute approximate surface area is 118 Å². The maximum Gasteiger partial charge on any atom is 0.303 e. The second-order valence-electron chi connectivity index (χ2n) is 4.96. The molecule has 0 unspecified atom stereocenters. The highest BCUT2D eigenvalue weighted by Gasteiger charge is 2.02. The molecule has 104 valence electrons. The average molecular weight is 270 g/mol. The first-order valence-electron chi connectivity index (χ1n) is 6.60. The molecule has 0 heterocycles. The summed E-state index contributed by atoms with van der Waals surface area (Å²) < 4.78 is 5.80. The van der Waals surface area contributed by atoms with E-state index in [1.165, 1.54) is 0 Å². The van der Waals surface area contributed by atoms with E-state index >= 15 is 0 Å². The fraction of sp³-hybridized carbons (Fsp3) is 0.235. The normalized spacial score (nSPS) is 10.3. The van der Waals surface area contributed by atoms with Crippen LogP contribution in [0.4, 0.5) is 0 Å². The zero-order valence-electron chi connectivity index (χ0n) is 11.7. The van der Waals surface area contributed by atoms with E-state index in [2.05, 4.69) is 6.07 Å². The fourth-order valence-electron chi connectivity index (χ4n) is 2.10. The lowest BCUT2D eigenvalue weighted by molar-refractivity contribution is -0.136. The summed E-state index contributed by atoms with van der Waals surface area (Å²) in [5.41, 5.74) is 3.33. The Hall–Kier alpha value is -2.29. The molecule has 0 aliphatic rings. The molecule has 3 nitrogen and oxygen atoms in total. The van der Waals surface area contributed by atoms with E-state index < -0.39 is 5.97 Å². The van der Waals surface area contributed by atoms with Gasteiger partial charge in [0.1, 0.15) is 11.5 Å². The second kappa shape index (κ2) is 6.24. The number of carboxylic acid groups (broad SMARTS) is 1. The lowest BCUT2D eigenvalue weighted by Crippen LogP contribution is -1.97. The molecule has 0 aliphatic heterocycles. The molecule has 0 fully saturated rings. The highest BCUT2D eigenvalue weighted by atomic mass is 16.5. The Kier molecular flexibility index (Phi) is 4.41. The summed E-state index contributed by atoms with van der Waals surface area (Å²) in [5.74, 6) is 0.801. The van der Waals surface area contributed by atoms with Crippen LogP contribution in [-0.2, 0) is 11.2 Å². The van der Waals surface area contributed by atoms with Crippen LogP contribution in [0.15, 0.2) is 42.5 Å². The van der Waals surface area contributed by atoms with Crippen molar-refractivity contribution in [3.05, 3.63) is 59.2 Å². The van der Waals surface area contributed by atoms with Crippen LogP contribution in [0.2, 0.25) is 0 Å². The Morgan fingerprint density at radius 3 is 2.15 bits per heavy atom. The SMILES string of the molecule is Cc1cc(C)cc(Oc2ccc(CCC(=O)O)cc2)c1. The second-order valence-corrected chi connectivity index (χ2v) is 4.96. The minimum atomic E-state index is -0.777. The van der Waals surface area contributed by atoms with Crippen LogP contribution in [0, 0.1) is 13.8 Å². The number of benzene rings is 2. The summed E-state index contributed by atoms with van der Waals surface area (Å²) in [7, 11) is 0. The van der Waals surface area contributed by atoms with Gasteiger partial charge < -0.3 is 9.84 Å². The van der Waals surface area contributed by atoms with Gasteiger partial charge in [0.25, 0.3) is 0 Å². The van der Waals surface area contributed by atoms with E-state index in [0.717, 1.165) is 28.2 Å². The Bertz CT molecular complexity index is 580. The summed E-state index contributed by atoms with van der Waals surface area (Å²) >= 11 is 0. The van der Waals surface area contributed by atoms with Gasteiger partial charge in [-0.2, -0.15) is 0 Å². The van der Waals surface area contributed by atoms with Crippen LogP contribution < -0.4 is 4.74 Å². The van der Waals surface area contributed by atoms with E-state index in [-0.39, 0.29) is 6.42 Å². The zero-order valence-corrected chi connectivity index (χ0v) is 11.7. The number of carboxylic acids is 1. The number of rotatable bonds is 5. The van der Waals surface area contributed by atoms with Crippen molar-refractivity contribution in [1.82, 2.24) is 0 Å². The van der Waals surface area contributed by atoms with Crippen molar-refractivity contribution in [3.63, 3.8) is 0 Å². The maximum absolute atomic E-state index is 10.5. The van der Waals surface area contributed by atoms with Crippen LogP contribution in [0.5, 0.6) is 11.5 Å². The van der Waals surface area contributed by atoms with Crippen molar-refractivity contribution < 1.29 is 14.6 Å². The summed E-state index contributed by atoms with van der Waals surface area (Å²) in [4.78, 5) is 10.5. The summed E-state index contributed by atoms with van der Waals surface area (Å²) in [6, 6.07) is 13.6. The average Bonchev–Trinajstić information content (AvgIpc) is 2.36. The summed E-state index contributed by atoms with van der Waals surface area (Å²) in [5, 5.41) is 8.65. The van der Waals surface area contributed by atoms with Gasteiger partial charge in [0.05, 0.1) is 0 Å². The molecule has 0 bridgehead atoms. The standard InChI is InChI=1S/C17H18O3/c1-12-9-13(2)11-16(10-12)20-15-6-3-14(4-7-15)5-8-17(18)19/h3-4,6-7,9-11H,5,8H2,1-2H3,(H,18,19). The first kappa shape index (κ1) is 14.1. The summed E-state index contributed by atoms with van der Waals surface area (Å²) in [6.07, 6.45) is 0.691. The molecule has 0 saturated heterocycles. The maximum atomic E-state index is 10.5. The molecule has 0 atom stereocenters. The quantitative estimate of drug-likeness (QED) is 0.889. The van der Waals surface area contributed by atoms with Crippen molar-refractivity contribution in [2.75, 3.05) is 0 Å². The van der Waals surface area contributed by atoms with Crippen LogP contribution in [0.3, 0.4) is 0 Å². The number of carbonyl (C=O) groups is 1. The predicted molar refractivity (Wildman–Crippen MR) is 78.4 cm³/mol. The van der Waals surface area contributed by atoms with Gasteiger partial charge in [-0.15, -0.1) is 0 Å². The third-order valence-electron chi connectivity index (χ3n) is 2.98. The molecule has 20 heavy (non-hydrogen) atoms. The first-order valence-corrected chi connectivity index (χ1v) is 6.60. The molecule has 0 saturated carbocycles. The zero-order chi connectivity index (χ0) is 14.5. The van der Waals surface area contributed by atoms with Crippen molar-refractivity contribution in [3.8, 4) is 11.5 Å². The van der Waals surface area contributed by atoms with Crippen LogP contribution in [-0.4, -0.2) is 11.1 Å². The molecule has 0 aromatic heterocycles. The van der Waals surface area contributed by atoms with Crippen LogP contribution >= 0.6 is 0 Å². The molecule has 2 rings (SSSR count). The fourth-order valence-corrected chi connectivity index (χ4v) is 2.10. The number of hydrogen-bond acceptors (Lipinski definition) is 2. The van der Waals surface area contributed by atoms with Crippen molar-refractivity contribution in [2.45, 2.75) is 26.7 Å². The Morgan fingerprint density at radius 2 is 1.60 bits per heavy atom. The molecule has 2 aromatic carbocycles. The van der Waals surface area contributed by atoms with Crippen molar-refractivity contribution in [1.29, 1.82) is 0 Å². The van der Waals surface area contributed by atoms with Gasteiger partial charge in [0, 0.05) is 6.42 Å². The third-order valence-corrected chi connectivity index (χ3v) is 2.98. The van der Waals surface area contributed by atoms with Gasteiger partial charge in [-0.3, -0.25) is 4.79 Å². The summed E-state index contributed by atoms with van der Waals surface area (Å²) in [6.45, 7) is 4.07. The predicted octanol–water partition coefficient (Wildman–Crippen LogP) is 4.11. The lowest BCUT2D eigenvalue weighted by Gasteiger charge is -2.08. The number of ether oxygens (including phenoxy) is 1. The third kappa shape index (κ3) is 4.12. The molecule has 0 spiro atoms. The Morgan fingerprint density at radius 1 is 1.00 bits per heavy atom. The van der Waals surface area contributed by atoms with E-state index in [4.69, 9.17) is 9.84 Å². The van der Waals surface area contributed by atoms with Gasteiger partial charge in [-0.1, -0.05) is 18.2 Å². The van der Waals surface area contributed by atoms with Gasteiger partial charge in [0.2, 0.25) is 0 Å². The van der Waals surface area contributed by atoms with Gasteiger partial charge in [0.15, 0.2) is 0 Å². The number of hydrogen-bond donors (Lipinski definition) is 1. The van der Waals surface area contributed by atoms with Gasteiger partial charge >= 0.3 is 5.97 Å². The van der Waals surface area contributed by atoms with Crippen LogP contribution in [0.1, 0.15) is 23.1 Å². The van der Waals surface area contributed by atoms with E-state index in [1.807, 2.05) is 50.2 Å². The van der Waals surface area contributed by atoms with Crippen molar-refractivity contribution >= 4 is 5.97 Å². The van der Waals surface area contributed by atoms with E-state index in [1.54, 1.807) is 0 Å².